The quantitative estimate of drug-likeness (QED) is 0.366. The molecular formula is C28H25FN2O5. The Hall–Kier alpha value is -4.33. The number of carbonyl (C=O) groups is 4. The number of hydrogen-bond acceptors (Lipinski definition) is 5. The molecule has 1 atom stereocenters. The van der Waals surface area contributed by atoms with Gasteiger partial charge in [-0.25, -0.2) is 14.1 Å². The van der Waals surface area contributed by atoms with E-state index < -0.39 is 35.5 Å². The van der Waals surface area contributed by atoms with Crippen molar-refractivity contribution in [2.24, 2.45) is 0 Å². The van der Waals surface area contributed by atoms with Gasteiger partial charge in [-0.15, -0.1) is 0 Å². The minimum Gasteiger partial charge on any atom is -0.462 e. The van der Waals surface area contributed by atoms with Gasteiger partial charge in [-0.05, 0) is 67.9 Å². The number of imide groups is 1. The molecule has 8 heteroatoms. The van der Waals surface area contributed by atoms with Crippen LogP contribution < -0.4 is 4.90 Å². The van der Waals surface area contributed by atoms with E-state index in [-0.39, 0.29) is 19.6 Å². The van der Waals surface area contributed by atoms with Crippen LogP contribution in [0, 0.1) is 12.7 Å². The molecule has 1 fully saturated rings. The minimum atomic E-state index is -1.04. The Morgan fingerprint density at radius 1 is 1.00 bits per heavy atom. The van der Waals surface area contributed by atoms with E-state index in [1.807, 2.05) is 13.0 Å². The second kappa shape index (κ2) is 10.5. The van der Waals surface area contributed by atoms with E-state index in [0.717, 1.165) is 10.5 Å². The number of carbonyl (C=O) groups excluding carboxylic acids is 4. The number of benzene rings is 3. The molecule has 0 saturated carbocycles. The molecule has 4 rings (SSSR count). The second-order valence-electron chi connectivity index (χ2n) is 8.48. The van der Waals surface area contributed by atoms with Crippen LogP contribution in [0.1, 0.15) is 45.2 Å². The molecule has 3 amide bonds. The summed E-state index contributed by atoms with van der Waals surface area (Å²) in [6.45, 7) is 3.80. The summed E-state index contributed by atoms with van der Waals surface area (Å²) in [6.07, 6.45) is -0.197. The SMILES string of the molecule is CCOC(=O)c1ccc(N2C(=O)CC(N(Cc3ccc(F)cc3)C(=O)c3cccc(C)c3)C2=O)cc1. The molecule has 1 unspecified atom stereocenters. The van der Waals surface area contributed by atoms with Gasteiger partial charge in [0.05, 0.1) is 24.3 Å². The molecule has 0 radical (unpaired) electrons. The number of ether oxygens (including phenoxy) is 1. The van der Waals surface area contributed by atoms with Crippen LogP contribution >= 0.6 is 0 Å². The standard InChI is InChI=1S/C28H25FN2O5/c1-3-36-28(35)20-9-13-23(14-10-20)31-25(32)16-24(27(31)34)30(17-19-7-11-22(29)12-8-19)26(33)21-6-4-5-18(2)15-21/h4-15,24H,3,16-17H2,1-2H3. The number of anilines is 1. The average Bonchev–Trinajstić information content (AvgIpc) is 3.16. The van der Waals surface area contributed by atoms with Gasteiger partial charge in [0.1, 0.15) is 11.9 Å². The summed E-state index contributed by atoms with van der Waals surface area (Å²) in [5.74, 6) is -2.34. The Morgan fingerprint density at radius 3 is 2.33 bits per heavy atom. The van der Waals surface area contributed by atoms with Gasteiger partial charge >= 0.3 is 5.97 Å². The zero-order valence-corrected chi connectivity index (χ0v) is 19.9. The molecule has 1 heterocycles. The Bertz CT molecular complexity index is 1300. The van der Waals surface area contributed by atoms with Crippen molar-refractivity contribution < 1.29 is 28.3 Å². The summed E-state index contributed by atoms with van der Waals surface area (Å²) >= 11 is 0. The van der Waals surface area contributed by atoms with Crippen LogP contribution in [-0.2, 0) is 20.9 Å². The van der Waals surface area contributed by atoms with Crippen LogP contribution in [-0.4, -0.2) is 41.2 Å². The van der Waals surface area contributed by atoms with Crippen molar-refractivity contribution in [1.29, 1.82) is 0 Å². The lowest BCUT2D eigenvalue weighted by Crippen LogP contribution is -2.45. The van der Waals surface area contributed by atoms with Gasteiger partial charge in [0.2, 0.25) is 5.91 Å². The predicted molar refractivity (Wildman–Crippen MR) is 131 cm³/mol. The highest BCUT2D eigenvalue weighted by Gasteiger charge is 2.44. The van der Waals surface area contributed by atoms with Crippen molar-refractivity contribution in [1.82, 2.24) is 4.90 Å². The lowest BCUT2D eigenvalue weighted by Gasteiger charge is -2.28. The monoisotopic (exact) mass is 488 g/mol. The molecule has 1 aliphatic rings. The van der Waals surface area contributed by atoms with Crippen LogP contribution in [0.5, 0.6) is 0 Å². The number of nitrogens with zero attached hydrogens (tertiary/aromatic N) is 2. The zero-order chi connectivity index (χ0) is 25.8. The van der Waals surface area contributed by atoms with Crippen LogP contribution in [0.4, 0.5) is 10.1 Å². The molecule has 1 aliphatic heterocycles. The summed E-state index contributed by atoms with van der Waals surface area (Å²) in [5.41, 5.74) is 2.47. The number of esters is 1. The molecule has 0 bridgehead atoms. The van der Waals surface area contributed by atoms with E-state index in [2.05, 4.69) is 0 Å². The smallest absolute Gasteiger partial charge is 0.338 e. The van der Waals surface area contributed by atoms with Gasteiger partial charge in [-0.1, -0.05) is 29.8 Å². The fourth-order valence-corrected chi connectivity index (χ4v) is 4.15. The first-order valence-corrected chi connectivity index (χ1v) is 11.5. The number of aryl methyl sites for hydroxylation is 1. The Morgan fingerprint density at radius 2 is 1.69 bits per heavy atom. The molecule has 1 saturated heterocycles. The summed E-state index contributed by atoms with van der Waals surface area (Å²) in [7, 11) is 0. The average molecular weight is 489 g/mol. The highest BCUT2D eigenvalue weighted by atomic mass is 19.1. The summed E-state index contributed by atoms with van der Waals surface area (Å²) in [4.78, 5) is 54.3. The lowest BCUT2D eigenvalue weighted by molar-refractivity contribution is -0.122. The van der Waals surface area contributed by atoms with Crippen LogP contribution in [0.2, 0.25) is 0 Å². The number of amides is 3. The highest BCUT2D eigenvalue weighted by molar-refractivity contribution is 6.23. The van der Waals surface area contributed by atoms with Crippen molar-refractivity contribution >= 4 is 29.4 Å². The van der Waals surface area contributed by atoms with Crippen LogP contribution in [0.25, 0.3) is 0 Å². The first kappa shape index (κ1) is 24.8. The molecule has 0 aromatic heterocycles. The molecule has 0 N–H and O–H groups in total. The third kappa shape index (κ3) is 5.17. The Kier molecular flexibility index (Phi) is 7.24. The molecule has 3 aromatic carbocycles. The van der Waals surface area contributed by atoms with E-state index in [4.69, 9.17) is 4.74 Å². The molecule has 0 spiro atoms. The largest absolute Gasteiger partial charge is 0.462 e. The van der Waals surface area contributed by atoms with Crippen molar-refractivity contribution in [3.8, 4) is 0 Å². The van der Waals surface area contributed by atoms with Gasteiger partial charge in [-0.2, -0.15) is 0 Å². The molecule has 3 aromatic rings. The van der Waals surface area contributed by atoms with E-state index in [9.17, 15) is 23.6 Å². The molecule has 0 aliphatic carbocycles. The Labute approximate surface area is 208 Å². The topological polar surface area (TPSA) is 84.0 Å². The van der Waals surface area contributed by atoms with Gasteiger partial charge in [-0.3, -0.25) is 14.4 Å². The summed E-state index contributed by atoms with van der Waals surface area (Å²) < 4.78 is 18.4. The minimum absolute atomic E-state index is 0.0202. The van der Waals surface area contributed by atoms with Gasteiger partial charge in [0, 0.05) is 12.1 Å². The molecular weight excluding hydrogens is 463 g/mol. The van der Waals surface area contributed by atoms with Crippen molar-refractivity contribution in [3.05, 3.63) is 101 Å². The van der Waals surface area contributed by atoms with Crippen LogP contribution in [0.3, 0.4) is 0 Å². The van der Waals surface area contributed by atoms with Crippen LogP contribution in [0.15, 0.2) is 72.8 Å². The van der Waals surface area contributed by atoms with Gasteiger partial charge < -0.3 is 9.64 Å². The maximum atomic E-state index is 13.6. The summed E-state index contributed by atoms with van der Waals surface area (Å²) in [5, 5.41) is 0. The van der Waals surface area contributed by atoms with Gasteiger partial charge in [0.25, 0.3) is 11.8 Å². The maximum absolute atomic E-state index is 13.6. The van der Waals surface area contributed by atoms with Crippen molar-refractivity contribution in [2.45, 2.75) is 32.9 Å². The lowest BCUT2D eigenvalue weighted by atomic mass is 10.1. The fraction of sp³-hybridized carbons (Fsp3) is 0.214. The van der Waals surface area contributed by atoms with E-state index in [1.54, 1.807) is 37.3 Å². The Balaban J connectivity index is 1.64. The van der Waals surface area contributed by atoms with E-state index in [0.29, 0.717) is 22.4 Å². The third-order valence-electron chi connectivity index (χ3n) is 5.93. The number of hydrogen-bond donors (Lipinski definition) is 0. The number of halogens is 1. The molecule has 184 valence electrons. The van der Waals surface area contributed by atoms with Crippen molar-refractivity contribution in [2.75, 3.05) is 11.5 Å². The maximum Gasteiger partial charge on any atom is 0.338 e. The summed E-state index contributed by atoms with van der Waals surface area (Å²) in [6, 6.07) is 17.5. The van der Waals surface area contributed by atoms with Crippen molar-refractivity contribution in [3.63, 3.8) is 0 Å². The normalized spacial score (nSPS) is 15.2. The van der Waals surface area contributed by atoms with Gasteiger partial charge in [0.15, 0.2) is 0 Å². The number of rotatable bonds is 7. The van der Waals surface area contributed by atoms with E-state index >= 15 is 0 Å². The third-order valence-corrected chi connectivity index (χ3v) is 5.93. The molecule has 36 heavy (non-hydrogen) atoms. The first-order valence-electron chi connectivity index (χ1n) is 11.5. The molecule has 7 nitrogen and oxygen atoms in total. The second-order valence-corrected chi connectivity index (χ2v) is 8.48. The highest BCUT2D eigenvalue weighted by Crippen LogP contribution is 2.28. The first-order chi connectivity index (χ1) is 17.3. The predicted octanol–water partition coefficient (Wildman–Crippen LogP) is 4.29. The fourth-order valence-electron chi connectivity index (χ4n) is 4.15. The zero-order valence-electron chi connectivity index (χ0n) is 19.9. The van der Waals surface area contributed by atoms with E-state index in [1.165, 1.54) is 41.3 Å².